The van der Waals surface area contributed by atoms with Crippen LogP contribution in [-0.2, 0) is 20.9 Å². The van der Waals surface area contributed by atoms with E-state index in [9.17, 15) is 9.59 Å². The van der Waals surface area contributed by atoms with Crippen LogP contribution in [0.2, 0.25) is 0 Å². The Balaban J connectivity index is 1.36. The number of furan rings is 1. The van der Waals surface area contributed by atoms with E-state index >= 15 is 0 Å². The number of carbonyl (C=O) groups excluding carboxylic acids is 2. The molecule has 30 heavy (non-hydrogen) atoms. The minimum absolute atomic E-state index is 0.0626. The van der Waals surface area contributed by atoms with Gasteiger partial charge in [0.1, 0.15) is 0 Å². The zero-order valence-electron chi connectivity index (χ0n) is 17.7. The van der Waals surface area contributed by atoms with Gasteiger partial charge in [-0.25, -0.2) is 0 Å². The minimum Gasteiger partial charge on any atom is -0.466 e. The Kier molecular flexibility index (Phi) is 8.36. The van der Waals surface area contributed by atoms with Crippen molar-refractivity contribution in [1.29, 1.82) is 0 Å². The van der Waals surface area contributed by atoms with E-state index in [0.29, 0.717) is 44.7 Å². The molecule has 0 aliphatic carbocycles. The molecule has 0 unspecified atom stereocenters. The average molecular weight is 435 g/mol. The number of ether oxygens (including phenoxy) is 1. The summed E-state index contributed by atoms with van der Waals surface area (Å²) in [4.78, 5) is 26.1. The van der Waals surface area contributed by atoms with Crippen LogP contribution in [0.5, 0.6) is 0 Å². The summed E-state index contributed by atoms with van der Waals surface area (Å²) in [6.07, 6.45) is 5.35. The number of esters is 1. The molecule has 1 saturated heterocycles. The topological polar surface area (TPSA) is 90.5 Å². The van der Waals surface area contributed by atoms with Crippen LogP contribution in [0.4, 0.5) is 0 Å². The molecule has 164 valence electrons. The van der Waals surface area contributed by atoms with Crippen molar-refractivity contribution in [3.8, 4) is 11.6 Å². The van der Waals surface area contributed by atoms with Crippen LogP contribution < -0.4 is 0 Å². The number of thioether (sulfide) groups is 1. The molecule has 1 fully saturated rings. The molecule has 0 saturated carbocycles. The van der Waals surface area contributed by atoms with E-state index < -0.39 is 0 Å². The molecule has 8 nitrogen and oxygen atoms in total. The van der Waals surface area contributed by atoms with E-state index in [4.69, 9.17) is 9.15 Å². The Labute approximate surface area is 181 Å². The number of hydrogen-bond acceptors (Lipinski definition) is 7. The van der Waals surface area contributed by atoms with Gasteiger partial charge in [-0.15, -0.1) is 10.2 Å². The third-order valence-corrected chi connectivity index (χ3v) is 6.31. The molecule has 1 aliphatic heterocycles. The summed E-state index contributed by atoms with van der Waals surface area (Å²) < 4.78 is 12.6. The van der Waals surface area contributed by atoms with Crippen LogP contribution in [-0.4, -0.2) is 57.0 Å². The molecule has 2 aromatic heterocycles. The number of aromatic nitrogens is 3. The van der Waals surface area contributed by atoms with Crippen molar-refractivity contribution in [2.45, 2.75) is 57.7 Å². The fourth-order valence-corrected chi connectivity index (χ4v) is 4.59. The highest BCUT2D eigenvalue weighted by molar-refractivity contribution is 7.99. The van der Waals surface area contributed by atoms with Crippen LogP contribution in [0.15, 0.2) is 28.0 Å². The number of piperidine rings is 1. The molecule has 0 spiro atoms. The van der Waals surface area contributed by atoms with Gasteiger partial charge in [0.25, 0.3) is 0 Å². The molecule has 1 aliphatic rings. The minimum atomic E-state index is -0.128. The van der Waals surface area contributed by atoms with Gasteiger partial charge in [-0.2, -0.15) is 0 Å². The first kappa shape index (κ1) is 22.4. The Hall–Kier alpha value is -2.29. The molecular weight excluding hydrogens is 404 g/mol. The first-order chi connectivity index (χ1) is 14.6. The summed E-state index contributed by atoms with van der Waals surface area (Å²) in [6.45, 7) is 6.35. The highest BCUT2D eigenvalue weighted by Gasteiger charge is 2.27. The molecule has 0 bridgehead atoms. The molecule has 3 heterocycles. The van der Waals surface area contributed by atoms with Gasteiger partial charge >= 0.3 is 5.97 Å². The van der Waals surface area contributed by atoms with Gasteiger partial charge < -0.3 is 14.1 Å². The smallest absolute Gasteiger partial charge is 0.309 e. The summed E-state index contributed by atoms with van der Waals surface area (Å²) in [5.41, 5.74) is 0. The summed E-state index contributed by atoms with van der Waals surface area (Å²) in [6, 6.07) is 3.72. The van der Waals surface area contributed by atoms with Crippen LogP contribution in [0, 0.1) is 5.92 Å². The van der Waals surface area contributed by atoms with Crippen molar-refractivity contribution >= 4 is 23.6 Å². The second-order valence-electron chi connectivity index (χ2n) is 7.24. The van der Waals surface area contributed by atoms with Crippen molar-refractivity contribution in [2.75, 3.05) is 25.4 Å². The Morgan fingerprint density at radius 3 is 2.70 bits per heavy atom. The van der Waals surface area contributed by atoms with Crippen molar-refractivity contribution in [3.63, 3.8) is 0 Å². The SMILES string of the molecule is CCOC(=O)C1CCN(C(=O)CCCCSc2nnc(-c3ccco3)n2CC)CC1. The number of likely N-dealkylation sites (tertiary alicyclic amines) is 1. The molecule has 1 amide bonds. The second-order valence-corrected chi connectivity index (χ2v) is 8.30. The van der Waals surface area contributed by atoms with E-state index in [0.717, 1.165) is 36.1 Å². The standard InChI is InChI=1S/C21H30N4O4S/c1-3-25-19(17-8-7-14-29-17)22-23-21(25)30-15-6-5-9-18(26)24-12-10-16(11-13-24)20(27)28-4-2/h7-8,14,16H,3-6,9-13,15H2,1-2H3. The molecule has 0 atom stereocenters. The summed E-state index contributed by atoms with van der Waals surface area (Å²) in [5, 5.41) is 9.41. The lowest BCUT2D eigenvalue weighted by molar-refractivity contribution is -0.151. The van der Waals surface area contributed by atoms with Crippen LogP contribution in [0.3, 0.4) is 0 Å². The van der Waals surface area contributed by atoms with Gasteiger partial charge in [-0.05, 0) is 51.7 Å². The van der Waals surface area contributed by atoms with Crippen molar-refractivity contribution < 1.29 is 18.7 Å². The predicted molar refractivity (Wildman–Crippen MR) is 114 cm³/mol. The van der Waals surface area contributed by atoms with E-state index in [-0.39, 0.29) is 17.8 Å². The van der Waals surface area contributed by atoms with Crippen LogP contribution >= 0.6 is 11.8 Å². The largest absolute Gasteiger partial charge is 0.466 e. The predicted octanol–water partition coefficient (Wildman–Crippen LogP) is 3.62. The number of unbranched alkanes of at least 4 members (excludes halogenated alkanes) is 1. The van der Waals surface area contributed by atoms with Gasteiger partial charge in [0.05, 0.1) is 18.8 Å². The number of carbonyl (C=O) groups is 2. The summed E-state index contributed by atoms with van der Waals surface area (Å²) in [7, 11) is 0. The molecule has 3 rings (SSSR count). The zero-order chi connectivity index (χ0) is 21.3. The molecule has 2 aromatic rings. The van der Waals surface area contributed by atoms with E-state index in [1.807, 2.05) is 28.5 Å². The number of nitrogens with zero attached hydrogens (tertiary/aromatic N) is 4. The summed E-state index contributed by atoms with van der Waals surface area (Å²) in [5.74, 6) is 2.33. The highest BCUT2D eigenvalue weighted by Crippen LogP contribution is 2.25. The van der Waals surface area contributed by atoms with Crippen molar-refractivity contribution in [2.24, 2.45) is 5.92 Å². The van der Waals surface area contributed by atoms with E-state index in [1.165, 1.54) is 0 Å². The van der Waals surface area contributed by atoms with E-state index in [2.05, 4.69) is 17.1 Å². The Morgan fingerprint density at radius 2 is 2.03 bits per heavy atom. The molecule has 0 N–H and O–H groups in total. The van der Waals surface area contributed by atoms with Crippen LogP contribution in [0.1, 0.15) is 46.0 Å². The lowest BCUT2D eigenvalue weighted by Crippen LogP contribution is -2.40. The first-order valence-corrected chi connectivity index (χ1v) is 11.7. The van der Waals surface area contributed by atoms with Gasteiger partial charge in [0.15, 0.2) is 16.7 Å². The van der Waals surface area contributed by atoms with E-state index in [1.54, 1.807) is 18.0 Å². The zero-order valence-corrected chi connectivity index (χ0v) is 18.5. The lowest BCUT2D eigenvalue weighted by atomic mass is 9.96. The Bertz CT molecular complexity index is 813. The number of amides is 1. The molecule has 9 heteroatoms. The monoisotopic (exact) mass is 434 g/mol. The first-order valence-electron chi connectivity index (χ1n) is 10.7. The summed E-state index contributed by atoms with van der Waals surface area (Å²) >= 11 is 1.66. The number of rotatable bonds is 10. The molecule has 0 radical (unpaired) electrons. The highest BCUT2D eigenvalue weighted by atomic mass is 32.2. The molecule has 0 aromatic carbocycles. The van der Waals surface area contributed by atoms with Crippen LogP contribution in [0.25, 0.3) is 11.6 Å². The average Bonchev–Trinajstić information content (AvgIpc) is 3.43. The quantitative estimate of drug-likeness (QED) is 0.320. The van der Waals surface area contributed by atoms with Gasteiger partial charge in [-0.1, -0.05) is 11.8 Å². The third-order valence-electron chi connectivity index (χ3n) is 5.26. The maximum atomic E-state index is 12.4. The number of hydrogen-bond donors (Lipinski definition) is 0. The Morgan fingerprint density at radius 1 is 1.23 bits per heavy atom. The maximum absolute atomic E-state index is 12.4. The van der Waals surface area contributed by atoms with Gasteiger partial charge in [0.2, 0.25) is 5.91 Å². The van der Waals surface area contributed by atoms with Crippen molar-refractivity contribution in [3.05, 3.63) is 18.4 Å². The normalized spacial score (nSPS) is 14.8. The fraction of sp³-hybridized carbons (Fsp3) is 0.619. The second kappa shape index (κ2) is 11.2. The van der Waals surface area contributed by atoms with Gasteiger partial charge in [0, 0.05) is 31.8 Å². The fourth-order valence-electron chi connectivity index (χ4n) is 3.59. The maximum Gasteiger partial charge on any atom is 0.309 e. The molecular formula is C21H30N4O4S. The van der Waals surface area contributed by atoms with Crippen molar-refractivity contribution in [1.82, 2.24) is 19.7 Å². The lowest BCUT2D eigenvalue weighted by Gasteiger charge is -2.31. The van der Waals surface area contributed by atoms with Gasteiger partial charge in [-0.3, -0.25) is 14.2 Å². The third kappa shape index (κ3) is 5.65.